The van der Waals surface area contributed by atoms with Gasteiger partial charge in [-0.2, -0.15) is 0 Å². The first-order chi connectivity index (χ1) is 18.3. The molecule has 0 bridgehead atoms. The van der Waals surface area contributed by atoms with Crippen molar-refractivity contribution >= 4 is 31.9 Å². The van der Waals surface area contributed by atoms with Gasteiger partial charge in [0, 0.05) is 9.65 Å². The van der Waals surface area contributed by atoms with Crippen molar-refractivity contribution < 1.29 is 4.74 Å². The first kappa shape index (κ1) is 36.1. The van der Waals surface area contributed by atoms with E-state index in [4.69, 9.17) is 4.74 Å². The fraction of sp³-hybridized carbons (Fsp3) is 1.00. The lowest BCUT2D eigenvalue weighted by Crippen LogP contribution is -2.52. The molecule has 0 amide bonds. The highest BCUT2D eigenvalue weighted by atomic mass is 79.9. The lowest BCUT2D eigenvalue weighted by molar-refractivity contribution is -0.227. The molecule has 2 rings (SSSR count). The van der Waals surface area contributed by atoms with Gasteiger partial charge in [0.2, 0.25) is 0 Å². The Morgan fingerprint density at radius 1 is 0.487 bits per heavy atom. The van der Waals surface area contributed by atoms with E-state index in [1.807, 2.05) is 0 Å². The minimum atomic E-state index is 0.231. The molecule has 0 heterocycles. The van der Waals surface area contributed by atoms with Crippen LogP contribution in [0.2, 0.25) is 0 Å². The molecule has 0 aromatic carbocycles. The third kappa shape index (κ3) is 14.3. The molecule has 0 aliphatic heterocycles. The van der Waals surface area contributed by atoms with Gasteiger partial charge in [0.15, 0.2) is 0 Å². The quantitative estimate of drug-likeness (QED) is 0.104. The molecule has 0 aromatic rings. The second-order valence-electron chi connectivity index (χ2n) is 15.6. The van der Waals surface area contributed by atoms with Crippen LogP contribution in [0.25, 0.3) is 0 Å². The van der Waals surface area contributed by atoms with Crippen molar-refractivity contribution in [1.29, 1.82) is 0 Å². The molecule has 1 nitrogen and oxygen atoms in total. The molecule has 2 saturated carbocycles. The Kier molecular flexibility index (Phi) is 16.6. The number of rotatable bonds is 22. The van der Waals surface area contributed by atoms with Crippen LogP contribution in [0, 0.1) is 35.5 Å². The molecule has 0 aromatic heterocycles. The smallest absolute Gasteiger partial charge is 0.0690 e. The molecule has 2 aliphatic carbocycles. The highest BCUT2D eigenvalue weighted by Gasteiger charge is 2.47. The monoisotopic (exact) mass is 674 g/mol. The fourth-order valence-electron chi connectivity index (χ4n) is 8.43. The molecule has 8 unspecified atom stereocenters. The molecule has 2 aliphatic rings. The summed E-state index contributed by atoms with van der Waals surface area (Å²) in [6.45, 7) is 19.4. The van der Waals surface area contributed by atoms with Crippen LogP contribution in [0.3, 0.4) is 0 Å². The minimum Gasteiger partial charge on any atom is -0.369 e. The zero-order valence-corrected chi connectivity index (χ0v) is 30.7. The van der Waals surface area contributed by atoms with Crippen LogP contribution in [0.4, 0.5) is 0 Å². The maximum Gasteiger partial charge on any atom is 0.0690 e. The Morgan fingerprint density at radius 3 is 1.08 bits per heavy atom. The Balaban J connectivity index is 1.70. The summed E-state index contributed by atoms with van der Waals surface area (Å²) in [5, 5.41) is 0. The van der Waals surface area contributed by atoms with Crippen LogP contribution in [-0.4, -0.2) is 20.9 Å². The van der Waals surface area contributed by atoms with Crippen molar-refractivity contribution in [1.82, 2.24) is 0 Å². The number of ether oxygens (including phenoxy) is 1. The van der Waals surface area contributed by atoms with E-state index < -0.39 is 0 Å². The molecule has 232 valence electrons. The number of alkyl halides is 2. The van der Waals surface area contributed by atoms with Crippen LogP contribution in [0.5, 0.6) is 0 Å². The third-order valence-corrected chi connectivity index (χ3v) is 11.0. The molecule has 0 saturated heterocycles. The summed E-state index contributed by atoms with van der Waals surface area (Å²) in [7, 11) is 0. The summed E-state index contributed by atoms with van der Waals surface area (Å²) in [6, 6.07) is 0. The second-order valence-corrected chi connectivity index (χ2v) is 18.7. The SMILES string of the molecule is CC(Br)CC(C)CC(C)CC(C)CCCC1(OC2(CCCC(C)CC(C)CC(C)CC(C)Br)CCC2)CCC1. The highest BCUT2D eigenvalue weighted by Crippen LogP contribution is 2.50. The van der Waals surface area contributed by atoms with E-state index in [-0.39, 0.29) is 11.2 Å². The van der Waals surface area contributed by atoms with Crippen LogP contribution in [0.15, 0.2) is 0 Å². The molecular formula is C36H68Br2O. The van der Waals surface area contributed by atoms with Gasteiger partial charge in [0.1, 0.15) is 0 Å². The van der Waals surface area contributed by atoms with E-state index >= 15 is 0 Å². The number of hydrogen-bond acceptors (Lipinski definition) is 1. The molecular weight excluding hydrogens is 608 g/mol. The Hall–Kier alpha value is 0.920. The van der Waals surface area contributed by atoms with Gasteiger partial charge < -0.3 is 4.74 Å². The summed E-state index contributed by atoms with van der Waals surface area (Å²) in [4.78, 5) is 1.29. The topological polar surface area (TPSA) is 9.23 Å². The predicted molar refractivity (Wildman–Crippen MR) is 181 cm³/mol. The maximum atomic E-state index is 7.19. The van der Waals surface area contributed by atoms with Crippen molar-refractivity contribution in [2.45, 2.75) is 192 Å². The van der Waals surface area contributed by atoms with E-state index in [0.29, 0.717) is 9.65 Å². The van der Waals surface area contributed by atoms with Gasteiger partial charge in [-0.3, -0.25) is 0 Å². The van der Waals surface area contributed by atoms with Gasteiger partial charge >= 0.3 is 0 Å². The summed E-state index contributed by atoms with van der Waals surface area (Å²) in [5.74, 6) is 5.04. The Labute approximate surface area is 262 Å². The number of hydrogen-bond donors (Lipinski definition) is 0. The molecule has 8 atom stereocenters. The maximum absolute atomic E-state index is 7.19. The average molecular weight is 677 g/mol. The summed E-state index contributed by atoms with van der Waals surface area (Å²) in [6.07, 6.45) is 24.3. The second kappa shape index (κ2) is 17.9. The molecule has 2 fully saturated rings. The van der Waals surface area contributed by atoms with Crippen LogP contribution in [0.1, 0.15) is 171 Å². The lowest BCUT2D eigenvalue weighted by Gasteiger charge is -2.53. The molecule has 3 heteroatoms. The summed E-state index contributed by atoms with van der Waals surface area (Å²) < 4.78 is 7.19. The van der Waals surface area contributed by atoms with E-state index in [9.17, 15) is 0 Å². The van der Waals surface area contributed by atoms with Crippen molar-refractivity contribution in [3.05, 3.63) is 0 Å². The molecule has 0 radical (unpaired) electrons. The molecule has 0 spiro atoms. The normalized spacial score (nSPS) is 24.5. The average Bonchev–Trinajstić information content (AvgIpc) is 2.73. The molecule has 39 heavy (non-hydrogen) atoms. The lowest BCUT2D eigenvalue weighted by atomic mass is 9.71. The zero-order chi connectivity index (χ0) is 29.1. The highest BCUT2D eigenvalue weighted by molar-refractivity contribution is 9.09. The Morgan fingerprint density at radius 2 is 0.795 bits per heavy atom. The van der Waals surface area contributed by atoms with E-state index in [0.717, 1.165) is 35.5 Å². The summed E-state index contributed by atoms with van der Waals surface area (Å²) in [5.41, 5.74) is 0.463. The van der Waals surface area contributed by atoms with Crippen molar-refractivity contribution in [2.75, 3.05) is 0 Å². The first-order valence-electron chi connectivity index (χ1n) is 17.3. The third-order valence-electron chi connectivity index (χ3n) is 10.3. The van der Waals surface area contributed by atoms with Gasteiger partial charge in [-0.05, 0) is 125 Å². The fourth-order valence-corrected chi connectivity index (χ4v) is 9.71. The Bertz CT molecular complexity index is 584. The van der Waals surface area contributed by atoms with Gasteiger partial charge in [0.05, 0.1) is 11.2 Å². The van der Waals surface area contributed by atoms with Crippen LogP contribution < -0.4 is 0 Å². The standard InChI is InChI=1S/C36H68Br2O/c1-27(21-29(3)23-31(5)25-33(7)37)13-9-15-35(17-11-18-35)39-36(19-12-20-36)16-10-14-28(2)22-30(4)24-32(6)26-34(8)38/h27-34H,9-26H2,1-8H3. The number of halogens is 2. The largest absolute Gasteiger partial charge is 0.369 e. The van der Waals surface area contributed by atoms with E-state index in [1.54, 1.807) is 0 Å². The van der Waals surface area contributed by atoms with Gasteiger partial charge in [-0.25, -0.2) is 0 Å². The first-order valence-corrected chi connectivity index (χ1v) is 19.1. The van der Waals surface area contributed by atoms with Gasteiger partial charge in [0.25, 0.3) is 0 Å². The van der Waals surface area contributed by atoms with E-state index in [1.165, 1.54) is 116 Å². The predicted octanol–water partition coefficient (Wildman–Crippen LogP) is 12.9. The minimum absolute atomic E-state index is 0.231. The van der Waals surface area contributed by atoms with Gasteiger partial charge in [-0.1, -0.05) is 113 Å². The summed E-state index contributed by atoms with van der Waals surface area (Å²) >= 11 is 7.48. The van der Waals surface area contributed by atoms with Crippen molar-refractivity contribution in [3.8, 4) is 0 Å². The van der Waals surface area contributed by atoms with Crippen molar-refractivity contribution in [3.63, 3.8) is 0 Å². The zero-order valence-electron chi connectivity index (χ0n) is 27.5. The van der Waals surface area contributed by atoms with Gasteiger partial charge in [-0.15, -0.1) is 0 Å². The van der Waals surface area contributed by atoms with Crippen molar-refractivity contribution in [2.24, 2.45) is 35.5 Å². The van der Waals surface area contributed by atoms with E-state index in [2.05, 4.69) is 87.2 Å². The van der Waals surface area contributed by atoms with Crippen LogP contribution >= 0.6 is 31.9 Å². The molecule has 0 N–H and O–H groups in total. The van der Waals surface area contributed by atoms with Crippen LogP contribution in [-0.2, 0) is 4.74 Å².